The molecule has 2 unspecified atom stereocenters. The average molecular weight is 294 g/mol. The first kappa shape index (κ1) is 15.6. The molecule has 2 rings (SSSR count). The summed E-state index contributed by atoms with van der Waals surface area (Å²) in [6.45, 7) is 3.98. The number of hydrogen-bond acceptors (Lipinski definition) is 5. The van der Waals surface area contributed by atoms with E-state index >= 15 is 0 Å². The summed E-state index contributed by atoms with van der Waals surface area (Å²) in [4.78, 5) is 13.4. The fourth-order valence-electron chi connectivity index (χ4n) is 2.72. The number of carboxylic acid groups (broad SMARTS) is 1. The van der Waals surface area contributed by atoms with Crippen molar-refractivity contribution in [2.45, 2.75) is 19.0 Å². The third-order valence-electron chi connectivity index (χ3n) is 3.96. The second kappa shape index (κ2) is 6.78. The molecule has 1 saturated heterocycles. The van der Waals surface area contributed by atoms with Crippen molar-refractivity contribution in [3.8, 4) is 11.5 Å². The fourth-order valence-corrected chi connectivity index (χ4v) is 2.72. The van der Waals surface area contributed by atoms with E-state index in [1.165, 1.54) is 0 Å². The third-order valence-corrected chi connectivity index (χ3v) is 3.96. The molecule has 2 N–H and O–H groups in total. The van der Waals surface area contributed by atoms with E-state index in [4.69, 9.17) is 9.47 Å². The Hall–Kier alpha value is -1.79. The van der Waals surface area contributed by atoms with Gasteiger partial charge in [0, 0.05) is 25.7 Å². The molecule has 0 saturated carbocycles. The van der Waals surface area contributed by atoms with E-state index in [0.29, 0.717) is 24.6 Å². The quantitative estimate of drug-likeness (QED) is 0.848. The standard InChI is InChI=1S/C15H22N2O4/c1-10(17-7-6-16-9-12(17)15(18)19)11-4-5-13(20-2)14(8-11)21-3/h4-5,8,10,12,16H,6-7,9H2,1-3H3,(H,18,19). The number of ether oxygens (including phenoxy) is 2. The van der Waals surface area contributed by atoms with Crippen molar-refractivity contribution in [1.82, 2.24) is 10.2 Å². The maximum Gasteiger partial charge on any atom is 0.322 e. The van der Waals surface area contributed by atoms with Crippen LogP contribution >= 0.6 is 0 Å². The minimum atomic E-state index is -0.797. The topological polar surface area (TPSA) is 71.0 Å². The number of carbonyl (C=O) groups is 1. The molecule has 116 valence electrons. The van der Waals surface area contributed by atoms with Crippen molar-refractivity contribution in [2.24, 2.45) is 0 Å². The molecule has 6 heteroatoms. The number of hydrogen-bond donors (Lipinski definition) is 2. The molecular formula is C15H22N2O4. The highest BCUT2D eigenvalue weighted by Crippen LogP contribution is 2.32. The van der Waals surface area contributed by atoms with E-state index in [1.54, 1.807) is 14.2 Å². The van der Waals surface area contributed by atoms with Crippen LogP contribution in [0.1, 0.15) is 18.5 Å². The number of carboxylic acids is 1. The van der Waals surface area contributed by atoms with Crippen molar-refractivity contribution in [3.05, 3.63) is 23.8 Å². The van der Waals surface area contributed by atoms with Crippen molar-refractivity contribution in [1.29, 1.82) is 0 Å². The number of methoxy groups -OCH3 is 2. The lowest BCUT2D eigenvalue weighted by atomic mass is 10.0. The molecule has 1 aliphatic rings. The Morgan fingerprint density at radius 3 is 2.71 bits per heavy atom. The molecule has 1 aromatic rings. The molecule has 0 radical (unpaired) electrons. The summed E-state index contributed by atoms with van der Waals surface area (Å²) in [6, 6.07) is 5.19. The smallest absolute Gasteiger partial charge is 0.322 e. The highest BCUT2D eigenvalue weighted by molar-refractivity contribution is 5.74. The SMILES string of the molecule is COc1ccc(C(C)N2CCNCC2C(=O)O)cc1OC. The van der Waals surface area contributed by atoms with E-state index < -0.39 is 12.0 Å². The number of rotatable bonds is 5. The lowest BCUT2D eigenvalue weighted by molar-refractivity contribution is -0.145. The summed E-state index contributed by atoms with van der Waals surface area (Å²) in [7, 11) is 3.19. The van der Waals surface area contributed by atoms with E-state index in [-0.39, 0.29) is 6.04 Å². The Kier molecular flexibility index (Phi) is 5.03. The maximum atomic E-state index is 11.4. The third kappa shape index (κ3) is 3.28. The second-order valence-corrected chi connectivity index (χ2v) is 5.09. The predicted octanol–water partition coefficient (Wildman–Crippen LogP) is 1.12. The van der Waals surface area contributed by atoms with Crippen LogP contribution in [0.3, 0.4) is 0 Å². The van der Waals surface area contributed by atoms with Gasteiger partial charge in [-0.1, -0.05) is 6.07 Å². The van der Waals surface area contributed by atoms with Crippen molar-refractivity contribution in [3.63, 3.8) is 0 Å². The zero-order chi connectivity index (χ0) is 15.4. The molecule has 6 nitrogen and oxygen atoms in total. The van der Waals surface area contributed by atoms with Crippen LogP contribution in [0.15, 0.2) is 18.2 Å². The van der Waals surface area contributed by atoms with Gasteiger partial charge < -0.3 is 19.9 Å². The number of nitrogens with one attached hydrogen (secondary N) is 1. The first-order valence-corrected chi connectivity index (χ1v) is 6.99. The maximum absolute atomic E-state index is 11.4. The lowest BCUT2D eigenvalue weighted by Crippen LogP contribution is -2.55. The Bertz CT molecular complexity index is 506. The van der Waals surface area contributed by atoms with Gasteiger partial charge >= 0.3 is 5.97 Å². The van der Waals surface area contributed by atoms with E-state index in [9.17, 15) is 9.90 Å². The highest BCUT2D eigenvalue weighted by atomic mass is 16.5. The van der Waals surface area contributed by atoms with Crippen LogP contribution in [-0.2, 0) is 4.79 Å². The average Bonchev–Trinajstić information content (AvgIpc) is 2.53. The fraction of sp³-hybridized carbons (Fsp3) is 0.533. The van der Waals surface area contributed by atoms with Crippen LogP contribution < -0.4 is 14.8 Å². The summed E-state index contributed by atoms with van der Waals surface area (Å²) in [5.41, 5.74) is 1.01. The zero-order valence-electron chi connectivity index (χ0n) is 12.6. The summed E-state index contributed by atoms with van der Waals surface area (Å²) < 4.78 is 10.5. The number of benzene rings is 1. The van der Waals surface area contributed by atoms with Gasteiger partial charge in [0.15, 0.2) is 11.5 Å². The van der Waals surface area contributed by atoms with Crippen LogP contribution in [0.5, 0.6) is 11.5 Å². The van der Waals surface area contributed by atoms with E-state index in [0.717, 1.165) is 12.1 Å². The summed E-state index contributed by atoms with van der Waals surface area (Å²) in [5, 5.41) is 12.5. The Labute approximate surface area is 124 Å². The van der Waals surface area contributed by atoms with Gasteiger partial charge in [-0.05, 0) is 24.6 Å². The molecule has 0 bridgehead atoms. The molecule has 1 fully saturated rings. The molecular weight excluding hydrogens is 272 g/mol. The van der Waals surface area contributed by atoms with Gasteiger partial charge in [-0.25, -0.2) is 0 Å². The van der Waals surface area contributed by atoms with Crippen LogP contribution in [0.4, 0.5) is 0 Å². The summed E-state index contributed by atoms with van der Waals surface area (Å²) >= 11 is 0. The van der Waals surface area contributed by atoms with Gasteiger partial charge in [0.25, 0.3) is 0 Å². The van der Waals surface area contributed by atoms with Crippen LogP contribution in [-0.4, -0.2) is 55.9 Å². The summed E-state index contributed by atoms with van der Waals surface area (Å²) in [5.74, 6) is 0.530. The molecule has 0 amide bonds. The molecule has 1 aliphatic heterocycles. The van der Waals surface area contributed by atoms with Crippen LogP contribution in [0.2, 0.25) is 0 Å². The minimum absolute atomic E-state index is 0.00648. The predicted molar refractivity (Wildman–Crippen MR) is 79.0 cm³/mol. The van der Waals surface area contributed by atoms with Crippen LogP contribution in [0.25, 0.3) is 0 Å². The van der Waals surface area contributed by atoms with Crippen molar-refractivity contribution in [2.75, 3.05) is 33.9 Å². The number of piperazine rings is 1. The molecule has 0 aromatic heterocycles. The monoisotopic (exact) mass is 294 g/mol. The number of aliphatic carboxylic acids is 1. The largest absolute Gasteiger partial charge is 0.493 e. The second-order valence-electron chi connectivity index (χ2n) is 5.09. The highest BCUT2D eigenvalue weighted by Gasteiger charge is 2.32. The number of nitrogens with zero attached hydrogens (tertiary/aromatic N) is 1. The van der Waals surface area contributed by atoms with E-state index in [1.807, 2.05) is 30.0 Å². The summed E-state index contributed by atoms with van der Waals surface area (Å²) in [6.07, 6.45) is 0. The van der Waals surface area contributed by atoms with Gasteiger partial charge in [0.1, 0.15) is 6.04 Å². The molecule has 1 aromatic carbocycles. The Balaban J connectivity index is 2.25. The first-order valence-electron chi connectivity index (χ1n) is 6.99. The molecule has 2 atom stereocenters. The minimum Gasteiger partial charge on any atom is -0.493 e. The first-order chi connectivity index (χ1) is 10.1. The zero-order valence-corrected chi connectivity index (χ0v) is 12.6. The molecule has 0 spiro atoms. The normalized spacial score (nSPS) is 20.8. The lowest BCUT2D eigenvalue weighted by Gasteiger charge is -2.38. The Morgan fingerprint density at radius 1 is 1.38 bits per heavy atom. The van der Waals surface area contributed by atoms with E-state index in [2.05, 4.69) is 5.32 Å². The van der Waals surface area contributed by atoms with Gasteiger partial charge in [-0.2, -0.15) is 0 Å². The van der Waals surface area contributed by atoms with Gasteiger partial charge in [0.05, 0.1) is 14.2 Å². The van der Waals surface area contributed by atoms with Gasteiger partial charge in [0.2, 0.25) is 0 Å². The molecule has 1 heterocycles. The van der Waals surface area contributed by atoms with Gasteiger partial charge in [-0.15, -0.1) is 0 Å². The molecule has 0 aliphatic carbocycles. The van der Waals surface area contributed by atoms with Gasteiger partial charge in [-0.3, -0.25) is 9.69 Å². The van der Waals surface area contributed by atoms with Crippen molar-refractivity contribution < 1.29 is 19.4 Å². The van der Waals surface area contributed by atoms with Crippen molar-refractivity contribution >= 4 is 5.97 Å². The van der Waals surface area contributed by atoms with Crippen LogP contribution in [0, 0.1) is 0 Å². The Morgan fingerprint density at radius 2 is 2.10 bits per heavy atom. The molecule has 21 heavy (non-hydrogen) atoms.